The topological polar surface area (TPSA) is 49.3 Å². The van der Waals surface area contributed by atoms with E-state index in [2.05, 4.69) is 5.32 Å². The first-order valence-corrected chi connectivity index (χ1v) is 7.22. The van der Waals surface area contributed by atoms with E-state index in [0.29, 0.717) is 5.56 Å². The van der Waals surface area contributed by atoms with Gasteiger partial charge in [0.25, 0.3) is 0 Å². The molecule has 22 heavy (non-hydrogen) atoms. The minimum atomic E-state index is -0.844. The molecule has 1 atom stereocenters. The number of nitrogens with one attached hydrogen (secondary N) is 1. The molecule has 0 aromatic heterocycles. The van der Waals surface area contributed by atoms with E-state index >= 15 is 0 Å². The Morgan fingerprint density at radius 1 is 1.18 bits per heavy atom. The number of hydrogen-bond acceptors (Lipinski definition) is 2. The number of aliphatic hydroxyl groups excluding tert-OH is 1. The second-order valence-electron chi connectivity index (χ2n) is 5.48. The van der Waals surface area contributed by atoms with Crippen LogP contribution in [0.1, 0.15) is 28.4 Å². The first-order valence-electron chi connectivity index (χ1n) is 7.22. The summed E-state index contributed by atoms with van der Waals surface area (Å²) in [6.07, 6.45) is -0.563. The van der Waals surface area contributed by atoms with E-state index in [-0.39, 0.29) is 24.7 Å². The molecule has 0 saturated carbocycles. The van der Waals surface area contributed by atoms with Crippen LogP contribution < -0.4 is 5.32 Å². The average Bonchev–Trinajstić information content (AvgIpc) is 2.49. The number of benzene rings is 2. The molecule has 0 saturated heterocycles. The summed E-state index contributed by atoms with van der Waals surface area (Å²) in [6, 6.07) is 11.6. The summed E-state index contributed by atoms with van der Waals surface area (Å²) in [5.74, 6) is -0.496. The highest BCUT2D eigenvalue weighted by atomic mass is 19.1. The first kappa shape index (κ1) is 16.2. The van der Waals surface area contributed by atoms with E-state index in [1.54, 1.807) is 0 Å². The maximum atomic E-state index is 12.8. The van der Waals surface area contributed by atoms with Crippen molar-refractivity contribution in [3.05, 3.63) is 70.5 Å². The molecule has 2 N–H and O–H groups in total. The van der Waals surface area contributed by atoms with Gasteiger partial charge in [0.2, 0.25) is 5.91 Å². The van der Waals surface area contributed by atoms with Crippen LogP contribution >= 0.6 is 0 Å². The third-order valence-electron chi connectivity index (χ3n) is 3.60. The summed E-state index contributed by atoms with van der Waals surface area (Å²) in [5.41, 5.74) is 3.74. The molecular formula is C18H20FNO2. The van der Waals surface area contributed by atoms with E-state index in [1.807, 2.05) is 32.0 Å². The lowest BCUT2D eigenvalue weighted by atomic mass is 10.0. The molecular weight excluding hydrogens is 281 g/mol. The van der Waals surface area contributed by atoms with Crippen molar-refractivity contribution in [3.8, 4) is 0 Å². The molecule has 0 radical (unpaired) electrons. The average molecular weight is 301 g/mol. The summed E-state index contributed by atoms with van der Waals surface area (Å²) in [5, 5.41) is 12.7. The highest BCUT2D eigenvalue weighted by Gasteiger charge is 2.11. The molecule has 2 aromatic rings. The summed E-state index contributed by atoms with van der Waals surface area (Å²) in [4.78, 5) is 12.0. The number of hydrogen-bond donors (Lipinski definition) is 2. The van der Waals surface area contributed by atoms with E-state index in [0.717, 1.165) is 16.7 Å². The van der Waals surface area contributed by atoms with Crippen molar-refractivity contribution in [3.63, 3.8) is 0 Å². The number of amides is 1. The maximum absolute atomic E-state index is 12.8. The van der Waals surface area contributed by atoms with Crippen LogP contribution in [-0.2, 0) is 11.2 Å². The molecule has 0 heterocycles. The molecule has 0 aliphatic carbocycles. The van der Waals surface area contributed by atoms with Crippen LogP contribution in [0.25, 0.3) is 0 Å². The Kier molecular flexibility index (Phi) is 5.28. The van der Waals surface area contributed by atoms with Gasteiger partial charge in [-0.1, -0.05) is 35.9 Å². The third-order valence-corrected chi connectivity index (χ3v) is 3.60. The van der Waals surface area contributed by atoms with E-state index in [1.165, 1.54) is 24.3 Å². The number of aryl methyl sites for hydroxylation is 2. The van der Waals surface area contributed by atoms with E-state index in [9.17, 15) is 14.3 Å². The summed E-state index contributed by atoms with van der Waals surface area (Å²) in [6.45, 7) is 4.06. The summed E-state index contributed by atoms with van der Waals surface area (Å²) < 4.78 is 12.8. The van der Waals surface area contributed by atoms with Crippen LogP contribution in [0.4, 0.5) is 4.39 Å². The zero-order valence-corrected chi connectivity index (χ0v) is 12.8. The lowest BCUT2D eigenvalue weighted by molar-refractivity contribution is -0.120. The van der Waals surface area contributed by atoms with Gasteiger partial charge in [-0.25, -0.2) is 4.39 Å². The SMILES string of the molecule is Cc1ccc(C)c(CC(=O)NCC(O)c2ccc(F)cc2)c1. The van der Waals surface area contributed by atoms with Gasteiger partial charge in [-0.3, -0.25) is 4.79 Å². The lowest BCUT2D eigenvalue weighted by Crippen LogP contribution is -2.29. The molecule has 1 unspecified atom stereocenters. The molecule has 0 aliphatic heterocycles. The molecule has 2 rings (SSSR count). The molecule has 0 spiro atoms. The van der Waals surface area contributed by atoms with Crippen LogP contribution in [0.5, 0.6) is 0 Å². The van der Waals surface area contributed by atoms with Crippen LogP contribution in [0.15, 0.2) is 42.5 Å². The highest BCUT2D eigenvalue weighted by molar-refractivity contribution is 5.79. The Morgan fingerprint density at radius 2 is 1.86 bits per heavy atom. The second-order valence-corrected chi connectivity index (χ2v) is 5.48. The van der Waals surface area contributed by atoms with Crippen molar-refractivity contribution in [2.24, 2.45) is 0 Å². The highest BCUT2D eigenvalue weighted by Crippen LogP contribution is 2.13. The monoisotopic (exact) mass is 301 g/mol. The van der Waals surface area contributed by atoms with Crippen LogP contribution in [-0.4, -0.2) is 17.6 Å². The number of carbonyl (C=O) groups excluding carboxylic acids is 1. The molecule has 0 fully saturated rings. The largest absolute Gasteiger partial charge is 0.387 e. The second kappa shape index (κ2) is 7.18. The lowest BCUT2D eigenvalue weighted by Gasteiger charge is -2.13. The molecule has 4 heteroatoms. The summed E-state index contributed by atoms with van der Waals surface area (Å²) in [7, 11) is 0. The molecule has 0 bridgehead atoms. The van der Waals surface area contributed by atoms with Gasteiger partial charge in [-0.05, 0) is 42.7 Å². The Bertz CT molecular complexity index is 653. The molecule has 2 aromatic carbocycles. The van der Waals surface area contributed by atoms with Crippen molar-refractivity contribution in [1.82, 2.24) is 5.32 Å². The van der Waals surface area contributed by atoms with Crippen molar-refractivity contribution < 1.29 is 14.3 Å². The molecule has 3 nitrogen and oxygen atoms in total. The van der Waals surface area contributed by atoms with Gasteiger partial charge >= 0.3 is 0 Å². The Labute approximate surface area is 129 Å². The van der Waals surface area contributed by atoms with Gasteiger partial charge in [0.15, 0.2) is 0 Å². The van der Waals surface area contributed by atoms with E-state index < -0.39 is 6.10 Å². The maximum Gasteiger partial charge on any atom is 0.224 e. The fourth-order valence-corrected chi connectivity index (χ4v) is 2.24. The number of rotatable bonds is 5. The predicted octanol–water partition coefficient (Wildman–Crippen LogP) is 2.83. The third kappa shape index (κ3) is 4.40. The van der Waals surface area contributed by atoms with E-state index in [4.69, 9.17) is 0 Å². The molecule has 116 valence electrons. The number of carbonyl (C=O) groups is 1. The number of halogens is 1. The van der Waals surface area contributed by atoms with Crippen LogP contribution in [0.2, 0.25) is 0 Å². The van der Waals surface area contributed by atoms with Gasteiger partial charge in [0.1, 0.15) is 5.82 Å². The quantitative estimate of drug-likeness (QED) is 0.892. The first-order chi connectivity index (χ1) is 10.5. The Hall–Kier alpha value is -2.20. The predicted molar refractivity (Wildman–Crippen MR) is 84.0 cm³/mol. The molecule has 0 aliphatic rings. The van der Waals surface area contributed by atoms with Gasteiger partial charge in [-0.15, -0.1) is 0 Å². The smallest absolute Gasteiger partial charge is 0.224 e. The fraction of sp³-hybridized carbons (Fsp3) is 0.278. The van der Waals surface area contributed by atoms with Crippen molar-refractivity contribution in [2.75, 3.05) is 6.54 Å². The zero-order valence-electron chi connectivity index (χ0n) is 12.8. The van der Waals surface area contributed by atoms with Gasteiger partial charge in [-0.2, -0.15) is 0 Å². The van der Waals surface area contributed by atoms with Gasteiger partial charge in [0.05, 0.1) is 12.5 Å². The Morgan fingerprint density at radius 3 is 2.55 bits per heavy atom. The minimum absolute atomic E-state index is 0.106. The fourth-order valence-electron chi connectivity index (χ4n) is 2.24. The minimum Gasteiger partial charge on any atom is -0.387 e. The van der Waals surface area contributed by atoms with Crippen molar-refractivity contribution in [2.45, 2.75) is 26.4 Å². The molecule has 1 amide bonds. The van der Waals surface area contributed by atoms with Crippen molar-refractivity contribution in [1.29, 1.82) is 0 Å². The normalized spacial score (nSPS) is 12.0. The van der Waals surface area contributed by atoms with Crippen molar-refractivity contribution >= 4 is 5.91 Å². The van der Waals surface area contributed by atoms with Gasteiger partial charge in [0, 0.05) is 6.54 Å². The zero-order chi connectivity index (χ0) is 16.1. The van der Waals surface area contributed by atoms with Crippen LogP contribution in [0, 0.1) is 19.7 Å². The Balaban J connectivity index is 1.89. The number of aliphatic hydroxyl groups is 1. The standard InChI is InChI=1S/C18H20FNO2/c1-12-3-4-13(2)15(9-12)10-18(22)20-11-17(21)14-5-7-16(19)8-6-14/h3-9,17,21H,10-11H2,1-2H3,(H,20,22). The summed E-state index contributed by atoms with van der Waals surface area (Å²) >= 11 is 0. The van der Waals surface area contributed by atoms with Gasteiger partial charge < -0.3 is 10.4 Å². The van der Waals surface area contributed by atoms with Crippen LogP contribution in [0.3, 0.4) is 0 Å².